The molecule has 1 aromatic rings. The zero-order valence-electron chi connectivity index (χ0n) is 10.5. The van der Waals surface area contributed by atoms with Gasteiger partial charge >= 0.3 is 0 Å². The Bertz CT molecular complexity index is 478. The van der Waals surface area contributed by atoms with Crippen LogP contribution in [0.15, 0.2) is 24.8 Å². The molecule has 1 aliphatic heterocycles. The second kappa shape index (κ2) is 5.12. The molecular weight excluding hydrogens is 230 g/mol. The van der Waals surface area contributed by atoms with E-state index in [1.165, 1.54) is 7.11 Å². The molecule has 2 rings (SSSR count). The zero-order valence-corrected chi connectivity index (χ0v) is 10.5. The summed E-state index contributed by atoms with van der Waals surface area (Å²) in [6.07, 6.45) is 3.25. The van der Waals surface area contributed by atoms with Gasteiger partial charge in [-0.2, -0.15) is 0 Å². The highest BCUT2D eigenvalue weighted by Crippen LogP contribution is 2.32. The van der Waals surface area contributed by atoms with Gasteiger partial charge in [0.25, 0.3) is 5.91 Å². The van der Waals surface area contributed by atoms with Crippen LogP contribution in [0.2, 0.25) is 0 Å². The van der Waals surface area contributed by atoms with Crippen LogP contribution in [0.25, 0.3) is 0 Å². The second-order valence-corrected chi connectivity index (χ2v) is 4.32. The van der Waals surface area contributed by atoms with Crippen molar-refractivity contribution >= 4 is 5.91 Å². The zero-order chi connectivity index (χ0) is 13.1. The summed E-state index contributed by atoms with van der Waals surface area (Å²) in [5.74, 6) is 0.403. The van der Waals surface area contributed by atoms with E-state index >= 15 is 0 Å². The van der Waals surface area contributed by atoms with E-state index in [9.17, 15) is 9.90 Å². The first-order chi connectivity index (χ1) is 8.67. The van der Waals surface area contributed by atoms with Crippen molar-refractivity contribution in [3.63, 3.8) is 0 Å². The topological polar surface area (TPSA) is 49.8 Å². The lowest BCUT2D eigenvalue weighted by Crippen LogP contribution is -2.42. The quantitative estimate of drug-likeness (QED) is 0.828. The number of carbonyl (C=O) groups excluding carboxylic acids is 1. The molecule has 1 amide bonds. The van der Waals surface area contributed by atoms with Gasteiger partial charge < -0.3 is 14.7 Å². The van der Waals surface area contributed by atoms with Crippen molar-refractivity contribution in [2.45, 2.75) is 12.8 Å². The molecule has 1 saturated heterocycles. The van der Waals surface area contributed by atoms with Crippen LogP contribution >= 0.6 is 0 Å². The number of likely N-dealkylation sites (tertiary alicyclic amines) is 1. The summed E-state index contributed by atoms with van der Waals surface area (Å²) in [7, 11) is 1.48. The smallest absolute Gasteiger partial charge is 0.254 e. The molecule has 0 spiro atoms. The monoisotopic (exact) mass is 247 g/mol. The Labute approximate surface area is 106 Å². The van der Waals surface area contributed by atoms with Crippen LogP contribution in [0.5, 0.6) is 11.5 Å². The number of hydrogen-bond donors (Lipinski definition) is 1. The normalized spacial score (nSPS) is 13.9. The number of hydrogen-bond acceptors (Lipinski definition) is 3. The summed E-state index contributed by atoms with van der Waals surface area (Å²) in [5, 5.41) is 9.94. The van der Waals surface area contributed by atoms with Crippen LogP contribution in [0.4, 0.5) is 0 Å². The van der Waals surface area contributed by atoms with Crippen LogP contribution in [0.1, 0.15) is 22.3 Å². The lowest BCUT2D eigenvalue weighted by Gasteiger charge is -2.31. The van der Waals surface area contributed by atoms with E-state index in [-0.39, 0.29) is 11.7 Å². The minimum absolute atomic E-state index is 0.00939. The maximum absolute atomic E-state index is 12.1. The third kappa shape index (κ3) is 2.18. The van der Waals surface area contributed by atoms with Gasteiger partial charge in [0.05, 0.1) is 7.11 Å². The van der Waals surface area contributed by atoms with Crippen LogP contribution in [-0.4, -0.2) is 36.1 Å². The first-order valence-corrected chi connectivity index (χ1v) is 5.97. The Kier molecular flexibility index (Phi) is 3.55. The Morgan fingerprint density at radius 2 is 2.28 bits per heavy atom. The molecule has 0 radical (unpaired) electrons. The van der Waals surface area contributed by atoms with Gasteiger partial charge in [-0.05, 0) is 25.0 Å². The van der Waals surface area contributed by atoms with Gasteiger partial charge in [0.1, 0.15) is 0 Å². The van der Waals surface area contributed by atoms with E-state index in [1.807, 2.05) is 0 Å². The SMILES string of the molecule is C=CCc1cc(C(=O)N2CCC2)cc(OC)c1O. The van der Waals surface area contributed by atoms with Crippen molar-refractivity contribution in [3.05, 3.63) is 35.9 Å². The van der Waals surface area contributed by atoms with Gasteiger partial charge in [-0.1, -0.05) is 6.08 Å². The summed E-state index contributed by atoms with van der Waals surface area (Å²) in [4.78, 5) is 13.9. The van der Waals surface area contributed by atoms with E-state index in [4.69, 9.17) is 4.74 Å². The molecule has 0 aliphatic carbocycles. The van der Waals surface area contributed by atoms with Crippen molar-refractivity contribution in [1.82, 2.24) is 4.90 Å². The summed E-state index contributed by atoms with van der Waals surface area (Å²) >= 11 is 0. The third-order valence-electron chi connectivity index (χ3n) is 3.13. The standard InChI is InChI=1S/C14H17NO3/c1-3-5-10-8-11(9-12(18-2)13(10)16)14(17)15-6-4-7-15/h3,8-9,16H,1,4-7H2,2H3. The minimum atomic E-state index is -0.00939. The largest absolute Gasteiger partial charge is 0.504 e. The number of rotatable bonds is 4. The number of ether oxygens (including phenoxy) is 1. The van der Waals surface area contributed by atoms with Gasteiger partial charge in [-0.25, -0.2) is 0 Å². The lowest BCUT2D eigenvalue weighted by molar-refractivity contribution is 0.0651. The summed E-state index contributed by atoms with van der Waals surface area (Å²) in [6.45, 7) is 5.25. The molecule has 0 unspecified atom stereocenters. The van der Waals surface area contributed by atoms with Gasteiger partial charge in [0.15, 0.2) is 11.5 Å². The molecule has 96 valence electrons. The Morgan fingerprint density at radius 1 is 1.56 bits per heavy atom. The second-order valence-electron chi connectivity index (χ2n) is 4.32. The van der Waals surface area contributed by atoms with Crippen molar-refractivity contribution in [2.75, 3.05) is 20.2 Å². The summed E-state index contributed by atoms with van der Waals surface area (Å²) in [6, 6.07) is 3.29. The van der Waals surface area contributed by atoms with E-state index in [2.05, 4.69) is 6.58 Å². The number of amides is 1. The maximum atomic E-state index is 12.1. The lowest BCUT2D eigenvalue weighted by atomic mass is 10.0. The molecule has 1 aliphatic rings. The van der Waals surface area contributed by atoms with Crippen molar-refractivity contribution in [1.29, 1.82) is 0 Å². The van der Waals surface area contributed by atoms with Crippen LogP contribution in [0.3, 0.4) is 0 Å². The number of phenols is 1. The van der Waals surface area contributed by atoms with Crippen molar-refractivity contribution in [3.8, 4) is 11.5 Å². The van der Waals surface area contributed by atoms with E-state index in [0.29, 0.717) is 23.3 Å². The molecule has 0 aromatic heterocycles. The molecule has 18 heavy (non-hydrogen) atoms. The highest BCUT2D eigenvalue weighted by atomic mass is 16.5. The molecule has 0 bridgehead atoms. The minimum Gasteiger partial charge on any atom is -0.504 e. The number of benzene rings is 1. The first-order valence-electron chi connectivity index (χ1n) is 5.97. The van der Waals surface area contributed by atoms with E-state index in [1.54, 1.807) is 23.1 Å². The highest BCUT2D eigenvalue weighted by molar-refractivity contribution is 5.95. The van der Waals surface area contributed by atoms with Crippen LogP contribution in [-0.2, 0) is 6.42 Å². The summed E-state index contributed by atoms with van der Waals surface area (Å²) in [5.41, 5.74) is 1.22. The van der Waals surface area contributed by atoms with Crippen molar-refractivity contribution < 1.29 is 14.6 Å². The molecule has 1 N–H and O–H groups in total. The van der Waals surface area contributed by atoms with E-state index in [0.717, 1.165) is 19.5 Å². The number of nitrogens with zero attached hydrogens (tertiary/aromatic N) is 1. The summed E-state index contributed by atoms with van der Waals surface area (Å²) < 4.78 is 5.10. The average molecular weight is 247 g/mol. The molecule has 4 nitrogen and oxygen atoms in total. The third-order valence-corrected chi connectivity index (χ3v) is 3.13. The fraction of sp³-hybridized carbons (Fsp3) is 0.357. The number of allylic oxidation sites excluding steroid dienone is 1. The molecule has 1 heterocycles. The number of methoxy groups -OCH3 is 1. The molecule has 4 heteroatoms. The van der Waals surface area contributed by atoms with Crippen LogP contribution < -0.4 is 4.74 Å². The number of aromatic hydroxyl groups is 1. The Morgan fingerprint density at radius 3 is 2.78 bits per heavy atom. The fourth-order valence-corrected chi connectivity index (χ4v) is 1.96. The van der Waals surface area contributed by atoms with Crippen molar-refractivity contribution in [2.24, 2.45) is 0 Å². The Balaban J connectivity index is 2.37. The maximum Gasteiger partial charge on any atom is 0.254 e. The predicted octanol–water partition coefficient (Wildman–Crippen LogP) is 1.98. The van der Waals surface area contributed by atoms with Gasteiger partial charge in [0.2, 0.25) is 0 Å². The predicted molar refractivity (Wildman–Crippen MR) is 69.1 cm³/mol. The first kappa shape index (κ1) is 12.5. The molecular formula is C14H17NO3. The number of phenolic OH excluding ortho intramolecular Hbond substituents is 1. The van der Waals surface area contributed by atoms with E-state index < -0.39 is 0 Å². The van der Waals surface area contributed by atoms with Gasteiger partial charge in [-0.3, -0.25) is 4.79 Å². The van der Waals surface area contributed by atoms with Gasteiger partial charge in [-0.15, -0.1) is 6.58 Å². The number of carbonyl (C=O) groups is 1. The highest BCUT2D eigenvalue weighted by Gasteiger charge is 2.23. The molecule has 1 aromatic carbocycles. The fourth-order valence-electron chi connectivity index (χ4n) is 1.96. The van der Waals surface area contributed by atoms with Gasteiger partial charge in [0, 0.05) is 24.2 Å². The molecule has 1 fully saturated rings. The van der Waals surface area contributed by atoms with Crippen LogP contribution in [0, 0.1) is 0 Å². The average Bonchev–Trinajstić information content (AvgIpc) is 2.29. The molecule has 0 atom stereocenters. The molecule has 0 saturated carbocycles. The Hall–Kier alpha value is -1.97.